The molecule has 0 bridgehead atoms. The van der Waals surface area contributed by atoms with Crippen molar-refractivity contribution in [3.63, 3.8) is 0 Å². The summed E-state index contributed by atoms with van der Waals surface area (Å²) in [6.45, 7) is 3.99. The van der Waals surface area contributed by atoms with Crippen LogP contribution in [0.5, 0.6) is 5.75 Å². The third-order valence-corrected chi connectivity index (χ3v) is 6.72. The Morgan fingerprint density at radius 3 is 2.61 bits per heavy atom. The molecule has 202 valence electrons. The zero-order valence-electron chi connectivity index (χ0n) is 20.8. The molecule has 0 unspecified atom stereocenters. The minimum Gasteiger partial charge on any atom is -0.493 e. The van der Waals surface area contributed by atoms with Crippen LogP contribution in [0.4, 0.5) is 23.2 Å². The van der Waals surface area contributed by atoms with Gasteiger partial charge in [0.25, 0.3) is 5.91 Å². The molecule has 1 aliphatic carbocycles. The Kier molecular flexibility index (Phi) is 7.75. The van der Waals surface area contributed by atoms with Crippen LogP contribution in [0.3, 0.4) is 0 Å². The Balaban J connectivity index is 1.57. The number of pyridine rings is 1. The second kappa shape index (κ2) is 10.8. The van der Waals surface area contributed by atoms with E-state index in [9.17, 15) is 32.3 Å². The summed E-state index contributed by atoms with van der Waals surface area (Å²) in [5.74, 6) is -3.13. The number of nitrogens with zero attached hydrogens (tertiary/aromatic N) is 2. The van der Waals surface area contributed by atoms with E-state index in [2.05, 4.69) is 10.3 Å². The first kappa shape index (κ1) is 27.2. The molecule has 1 saturated carbocycles. The van der Waals surface area contributed by atoms with E-state index in [1.165, 1.54) is 24.4 Å². The number of carboxylic acids is 1. The van der Waals surface area contributed by atoms with Gasteiger partial charge in [0.15, 0.2) is 0 Å². The SMILES string of the molecule is CC[C@H](C)n1c(CCOc2ccnc(F)c2)ccc1C(=O)Nc1cc([C@H]2C[C@H]2C(=O)O)ccc1C(F)(F)F. The Labute approximate surface area is 216 Å². The van der Waals surface area contributed by atoms with E-state index in [0.29, 0.717) is 30.6 Å². The van der Waals surface area contributed by atoms with Crippen LogP contribution in [0, 0.1) is 11.9 Å². The highest BCUT2D eigenvalue weighted by molar-refractivity contribution is 6.04. The number of hydrogen-bond acceptors (Lipinski definition) is 4. The highest BCUT2D eigenvalue weighted by Gasteiger charge is 2.45. The van der Waals surface area contributed by atoms with E-state index < -0.39 is 47.1 Å². The van der Waals surface area contributed by atoms with Crippen molar-refractivity contribution in [1.82, 2.24) is 9.55 Å². The van der Waals surface area contributed by atoms with Crippen molar-refractivity contribution in [3.8, 4) is 5.75 Å². The first-order chi connectivity index (χ1) is 18.0. The normalized spacial score (nSPS) is 17.6. The van der Waals surface area contributed by atoms with Crippen LogP contribution < -0.4 is 10.1 Å². The van der Waals surface area contributed by atoms with Gasteiger partial charge >= 0.3 is 12.1 Å². The van der Waals surface area contributed by atoms with Crippen LogP contribution in [0.1, 0.15) is 66.0 Å². The third kappa shape index (κ3) is 5.98. The van der Waals surface area contributed by atoms with Gasteiger partial charge in [0, 0.05) is 30.4 Å². The lowest BCUT2D eigenvalue weighted by molar-refractivity contribution is -0.139. The minimum absolute atomic E-state index is 0.143. The Hall–Kier alpha value is -3.89. The van der Waals surface area contributed by atoms with E-state index in [0.717, 1.165) is 17.8 Å². The van der Waals surface area contributed by atoms with Crippen molar-refractivity contribution in [2.75, 3.05) is 11.9 Å². The van der Waals surface area contributed by atoms with E-state index >= 15 is 0 Å². The highest BCUT2D eigenvalue weighted by atomic mass is 19.4. The molecule has 1 aliphatic rings. The molecule has 7 nitrogen and oxygen atoms in total. The zero-order valence-corrected chi connectivity index (χ0v) is 20.8. The van der Waals surface area contributed by atoms with Gasteiger partial charge in [-0.2, -0.15) is 17.6 Å². The van der Waals surface area contributed by atoms with E-state index in [4.69, 9.17) is 4.74 Å². The maximum absolute atomic E-state index is 13.7. The lowest BCUT2D eigenvalue weighted by Gasteiger charge is -2.20. The molecule has 3 aromatic rings. The van der Waals surface area contributed by atoms with E-state index in [1.807, 2.05) is 13.8 Å². The van der Waals surface area contributed by atoms with E-state index in [1.54, 1.807) is 16.7 Å². The van der Waals surface area contributed by atoms with Crippen LogP contribution in [0.2, 0.25) is 0 Å². The number of amides is 1. The number of benzene rings is 1. The molecule has 2 N–H and O–H groups in total. The Morgan fingerprint density at radius 1 is 1.21 bits per heavy atom. The number of aliphatic carboxylic acids is 1. The highest BCUT2D eigenvalue weighted by Crippen LogP contribution is 2.49. The molecule has 0 radical (unpaired) electrons. The number of carbonyl (C=O) groups is 2. The molecule has 1 fully saturated rings. The van der Waals surface area contributed by atoms with Gasteiger partial charge in [0.1, 0.15) is 11.4 Å². The third-order valence-electron chi connectivity index (χ3n) is 6.72. The molecule has 0 saturated heterocycles. The number of aromatic nitrogens is 2. The molecule has 1 amide bonds. The van der Waals surface area contributed by atoms with Crippen molar-refractivity contribution >= 4 is 17.6 Å². The molecular formula is C27H27F4N3O4. The van der Waals surface area contributed by atoms with Crippen LogP contribution in [0.15, 0.2) is 48.7 Å². The number of rotatable bonds is 10. The average Bonchev–Trinajstić information content (AvgIpc) is 3.56. The minimum atomic E-state index is -4.72. The molecule has 2 heterocycles. The predicted octanol–water partition coefficient (Wildman–Crippen LogP) is 6.07. The van der Waals surface area contributed by atoms with Crippen LogP contribution >= 0.6 is 0 Å². The molecule has 11 heteroatoms. The second-order valence-corrected chi connectivity index (χ2v) is 9.29. The van der Waals surface area contributed by atoms with Gasteiger partial charge in [-0.1, -0.05) is 13.0 Å². The van der Waals surface area contributed by atoms with Gasteiger partial charge in [0.2, 0.25) is 5.95 Å². The summed E-state index contributed by atoms with van der Waals surface area (Å²) < 4.78 is 61.8. The fourth-order valence-corrected chi connectivity index (χ4v) is 4.50. The Bertz CT molecular complexity index is 1340. The van der Waals surface area contributed by atoms with Gasteiger partial charge < -0.3 is 19.7 Å². The van der Waals surface area contributed by atoms with Crippen molar-refractivity contribution < 1.29 is 37.0 Å². The van der Waals surface area contributed by atoms with Crippen molar-refractivity contribution in [2.24, 2.45) is 5.92 Å². The fourth-order valence-electron chi connectivity index (χ4n) is 4.50. The van der Waals surface area contributed by atoms with E-state index in [-0.39, 0.29) is 18.3 Å². The predicted molar refractivity (Wildman–Crippen MR) is 131 cm³/mol. The number of ether oxygens (including phenoxy) is 1. The van der Waals surface area contributed by atoms with Crippen LogP contribution in [0.25, 0.3) is 0 Å². The quantitative estimate of drug-likeness (QED) is 0.244. The van der Waals surface area contributed by atoms with Crippen LogP contribution in [-0.4, -0.2) is 33.1 Å². The smallest absolute Gasteiger partial charge is 0.418 e. The summed E-state index contributed by atoms with van der Waals surface area (Å²) >= 11 is 0. The monoisotopic (exact) mass is 533 g/mol. The maximum atomic E-state index is 13.7. The fraction of sp³-hybridized carbons (Fsp3) is 0.370. The molecule has 2 aromatic heterocycles. The van der Waals surface area contributed by atoms with Crippen molar-refractivity contribution in [1.29, 1.82) is 0 Å². The van der Waals surface area contributed by atoms with Gasteiger partial charge in [-0.3, -0.25) is 9.59 Å². The maximum Gasteiger partial charge on any atom is 0.418 e. The summed E-state index contributed by atoms with van der Waals surface area (Å²) in [7, 11) is 0. The number of hydrogen-bond donors (Lipinski definition) is 2. The van der Waals surface area contributed by atoms with Gasteiger partial charge in [-0.15, -0.1) is 0 Å². The summed E-state index contributed by atoms with van der Waals surface area (Å²) in [6.07, 6.45) is -2.08. The molecule has 0 aliphatic heterocycles. The van der Waals surface area contributed by atoms with Gasteiger partial charge in [-0.25, -0.2) is 4.98 Å². The summed E-state index contributed by atoms with van der Waals surface area (Å²) in [6, 6.07) is 9.13. The topological polar surface area (TPSA) is 93.5 Å². The lowest BCUT2D eigenvalue weighted by Crippen LogP contribution is -2.22. The first-order valence-electron chi connectivity index (χ1n) is 12.2. The summed E-state index contributed by atoms with van der Waals surface area (Å²) in [5, 5.41) is 11.6. The number of halogens is 4. The summed E-state index contributed by atoms with van der Waals surface area (Å²) in [5.41, 5.74) is -0.0910. The standard InChI is InChI=1S/C27H27F4N3O4/c1-3-15(2)34-17(9-11-38-18-8-10-32-24(28)13-18)5-7-23(34)25(35)33-22-12-16(19-14-20(19)26(36)37)4-6-21(22)27(29,30)31/h4-8,10,12-13,15,19-20H,3,9,11,14H2,1-2H3,(H,33,35)(H,36,37)/t15-,19+,20+/m0/s1. The van der Waals surface area contributed by atoms with Gasteiger partial charge in [-0.05, 0) is 61.6 Å². The Morgan fingerprint density at radius 2 is 1.97 bits per heavy atom. The average molecular weight is 534 g/mol. The number of carbonyl (C=O) groups excluding carboxylic acids is 1. The second-order valence-electron chi connectivity index (χ2n) is 9.29. The first-order valence-corrected chi connectivity index (χ1v) is 12.2. The summed E-state index contributed by atoms with van der Waals surface area (Å²) in [4.78, 5) is 28.0. The molecule has 38 heavy (non-hydrogen) atoms. The van der Waals surface area contributed by atoms with Crippen LogP contribution in [-0.2, 0) is 17.4 Å². The number of anilines is 1. The molecule has 0 spiro atoms. The van der Waals surface area contributed by atoms with Crippen molar-refractivity contribution in [2.45, 2.75) is 51.2 Å². The largest absolute Gasteiger partial charge is 0.493 e. The zero-order chi connectivity index (χ0) is 27.6. The molecular weight excluding hydrogens is 506 g/mol. The van der Waals surface area contributed by atoms with Gasteiger partial charge in [0.05, 0.1) is 23.8 Å². The number of nitrogens with one attached hydrogen (secondary N) is 1. The number of alkyl halides is 3. The van der Waals surface area contributed by atoms with Crippen molar-refractivity contribution in [3.05, 3.63) is 77.1 Å². The number of carboxylic acid groups (broad SMARTS) is 1. The molecule has 1 aromatic carbocycles. The molecule has 4 rings (SSSR count). The lowest BCUT2D eigenvalue weighted by atomic mass is 10.0. The molecule has 3 atom stereocenters.